The van der Waals surface area contributed by atoms with Gasteiger partial charge < -0.3 is 9.64 Å². The van der Waals surface area contributed by atoms with E-state index in [-0.39, 0.29) is 29.5 Å². The fraction of sp³-hybridized carbons (Fsp3) is 0.588. The van der Waals surface area contributed by atoms with Gasteiger partial charge in [-0.25, -0.2) is 8.42 Å². The van der Waals surface area contributed by atoms with Gasteiger partial charge in [0.1, 0.15) is 12.4 Å². The molecule has 2 rings (SSSR count). The van der Waals surface area contributed by atoms with E-state index in [4.69, 9.17) is 16.3 Å². The summed E-state index contributed by atoms with van der Waals surface area (Å²) < 4.78 is 28.8. The Morgan fingerprint density at radius 1 is 1.36 bits per heavy atom. The molecule has 0 radical (unpaired) electrons. The van der Waals surface area contributed by atoms with E-state index >= 15 is 0 Å². The minimum absolute atomic E-state index is 0.0568. The van der Waals surface area contributed by atoms with Gasteiger partial charge in [-0.3, -0.25) is 9.69 Å². The number of benzene rings is 1. The molecular formula is C17H25ClN2O4S. The summed E-state index contributed by atoms with van der Waals surface area (Å²) in [4.78, 5) is 16.1. The second-order valence-corrected chi connectivity index (χ2v) is 9.08. The lowest BCUT2D eigenvalue weighted by atomic mass is 10.2. The monoisotopic (exact) mass is 388 g/mol. The van der Waals surface area contributed by atoms with Crippen LogP contribution in [0.4, 0.5) is 0 Å². The van der Waals surface area contributed by atoms with E-state index in [1.807, 2.05) is 31.0 Å². The van der Waals surface area contributed by atoms with Gasteiger partial charge in [0.2, 0.25) is 5.91 Å². The van der Waals surface area contributed by atoms with E-state index in [0.717, 1.165) is 0 Å². The third-order valence-electron chi connectivity index (χ3n) is 4.66. The van der Waals surface area contributed by atoms with E-state index in [2.05, 4.69) is 0 Å². The lowest BCUT2D eigenvalue weighted by Gasteiger charge is -2.31. The Balaban J connectivity index is 1.83. The first-order valence-corrected chi connectivity index (χ1v) is 10.5. The molecule has 25 heavy (non-hydrogen) atoms. The highest BCUT2D eigenvalue weighted by Crippen LogP contribution is 2.23. The summed E-state index contributed by atoms with van der Waals surface area (Å²) in [5.41, 5.74) is 0. The second kappa shape index (κ2) is 8.38. The van der Waals surface area contributed by atoms with Gasteiger partial charge in [-0.15, -0.1) is 0 Å². The minimum atomic E-state index is -3.01. The van der Waals surface area contributed by atoms with Crippen molar-refractivity contribution in [2.24, 2.45) is 0 Å². The molecule has 2 atom stereocenters. The van der Waals surface area contributed by atoms with E-state index in [0.29, 0.717) is 30.3 Å². The molecule has 1 aromatic rings. The number of nitrogens with zero attached hydrogens (tertiary/aromatic N) is 2. The largest absolute Gasteiger partial charge is 0.491 e. The van der Waals surface area contributed by atoms with Crippen LogP contribution in [0.25, 0.3) is 0 Å². The van der Waals surface area contributed by atoms with Gasteiger partial charge in [0.25, 0.3) is 0 Å². The van der Waals surface area contributed by atoms with Crippen molar-refractivity contribution in [1.29, 1.82) is 0 Å². The van der Waals surface area contributed by atoms with Crippen molar-refractivity contribution in [3.8, 4) is 5.75 Å². The summed E-state index contributed by atoms with van der Waals surface area (Å²) in [6.45, 7) is 2.77. The smallest absolute Gasteiger partial charge is 0.239 e. The lowest BCUT2D eigenvalue weighted by molar-refractivity contribution is -0.136. The first-order valence-electron chi connectivity index (χ1n) is 8.26. The van der Waals surface area contributed by atoms with Crippen molar-refractivity contribution in [2.45, 2.75) is 25.4 Å². The Hall–Kier alpha value is -1.31. The van der Waals surface area contributed by atoms with Crippen LogP contribution in [0.3, 0.4) is 0 Å². The summed E-state index contributed by atoms with van der Waals surface area (Å²) in [6, 6.07) is 6.65. The first-order chi connectivity index (χ1) is 11.7. The number of hydrogen-bond donors (Lipinski definition) is 0. The Morgan fingerprint density at radius 2 is 2.04 bits per heavy atom. The fourth-order valence-corrected chi connectivity index (χ4v) is 4.76. The highest BCUT2D eigenvalue weighted by Gasteiger charge is 2.34. The number of carbonyl (C=O) groups is 1. The van der Waals surface area contributed by atoms with E-state index in [1.54, 1.807) is 24.1 Å². The minimum Gasteiger partial charge on any atom is -0.491 e. The van der Waals surface area contributed by atoms with Crippen molar-refractivity contribution < 1.29 is 17.9 Å². The number of para-hydroxylation sites is 1. The maximum Gasteiger partial charge on any atom is 0.239 e. The highest BCUT2D eigenvalue weighted by atomic mass is 35.5. The van der Waals surface area contributed by atoms with Crippen LogP contribution in [-0.2, 0) is 14.6 Å². The second-order valence-electron chi connectivity index (χ2n) is 6.44. The van der Waals surface area contributed by atoms with Crippen LogP contribution in [0.2, 0.25) is 5.02 Å². The number of ether oxygens (including phenoxy) is 1. The SMILES string of the molecule is C[C@H](C(=O)N(C)[C@H]1CCS(=O)(=O)C1)N(C)CCOc1ccccc1Cl. The van der Waals surface area contributed by atoms with Crippen LogP contribution >= 0.6 is 11.6 Å². The quantitative estimate of drug-likeness (QED) is 0.711. The Morgan fingerprint density at radius 3 is 2.64 bits per heavy atom. The van der Waals surface area contributed by atoms with Crippen molar-refractivity contribution in [2.75, 3.05) is 38.8 Å². The topological polar surface area (TPSA) is 66.9 Å². The number of likely N-dealkylation sites (N-methyl/N-ethyl adjacent to an activating group) is 2. The molecule has 0 N–H and O–H groups in total. The third-order valence-corrected chi connectivity index (χ3v) is 6.72. The fourth-order valence-electron chi connectivity index (χ4n) is 2.80. The third kappa shape index (κ3) is 5.33. The standard InChI is InChI=1S/C17H25ClN2O4S/c1-13(17(21)20(3)14-8-11-25(22,23)12-14)19(2)9-10-24-16-7-5-4-6-15(16)18/h4-7,13-14H,8-12H2,1-3H3/t13-,14+/m1/s1. The highest BCUT2D eigenvalue weighted by molar-refractivity contribution is 7.91. The van der Waals surface area contributed by atoms with Gasteiger partial charge in [0, 0.05) is 19.6 Å². The van der Waals surface area contributed by atoms with Crippen LogP contribution in [0.15, 0.2) is 24.3 Å². The van der Waals surface area contributed by atoms with Crippen molar-refractivity contribution in [1.82, 2.24) is 9.80 Å². The zero-order valence-corrected chi connectivity index (χ0v) is 16.4. The summed E-state index contributed by atoms with van der Waals surface area (Å²) >= 11 is 6.04. The molecule has 1 heterocycles. The molecular weight excluding hydrogens is 364 g/mol. The van der Waals surface area contributed by atoms with Gasteiger partial charge in [0.15, 0.2) is 9.84 Å². The molecule has 6 nitrogen and oxygen atoms in total. The zero-order valence-electron chi connectivity index (χ0n) is 14.8. The molecule has 0 aromatic heterocycles. The zero-order chi connectivity index (χ0) is 18.6. The molecule has 140 valence electrons. The van der Waals surface area contributed by atoms with Crippen LogP contribution < -0.4 is 4.74 Å². The number of halogens is 1. The summed E-state index contributed by atoms with van der Waals surface area (Å²) in [6.07, 6.45) is 0.511. The molecule has 1 aliphatic heterocycles. The molecule has 0 spiro atoms. The summed E-state index contributed by atoms with van der Waals surface area (Å²) in [7, 11) is 0.515. The van der Waals surface area contributed by atoms with Crippen molar-refractivity contribution >= 4 is 27.3 Å². The Kier molecular flexibility index (Phi) is 6.71. The Labute approximate surface area is 154 Å². The molecule has 1 saturated heterocycles. The molecule has 1 aromatic carbocycles. The van der Waals surface area contributed by atoms with Gasteiger partial charge in [-0.1, -0.05) is 23.7 Å². The number of carbonyl (C=O) groups excluding carboxylic acids is 1. The van der Waals surface area contributed by atoms with Crippen molar-refractivity contribution in [3.05, 3.63) is 29.3 Å². The average Bonchev–Trinajstić information content (AvgIpc) is 2.94. The van der Waals surface area contributed by atoms with Gasteiger partial charge in [-0.2, -0.15) is 0 Å². The van der Waals surface area contributed by atoms with Gasteiger partial charge >= 0.3 is 0 Å². The predicted molar refractivity (Wildman–Crippen MR) is 98.9 cm³/mol. The predicted octanol–water partition coefficient (Wildman–Crippen LogP) is 1.68. The summed E-state index contributed by atoms with van der Waals surface area (Å²) in [5.74, 6) is 0.749. The normalized spacial score (nSPS) is 20.4. The first kappa shape index (κ1) is 20.0. The number of hydrogen-bond acceptors (Lipinski definition) is 5. The van der Waals surface area contributed by atoms with E-state index in [1.165, 1.54) is 0 Å². The molecule has 1 aliphatic rings. The number of amides is 1. The van der Waals surface area contributed by atoms with E-state index in [9.17, 15) is 13.2 Å². The molecule has 1 fully saturated rings. The molecule has 1 amide bonds. The lowest BCUT2D eigenvalue weighted by Crippen LogP contribution is -2.49. The number of sulfone groups is 1. The molecule has 8 heteroatoms. The van der Waals surface area contributed by atoms with Crippen LogP contribution in [-0.4, -0.2) is 75.0 Å². The van der Waals surface area contributed by atoms with Crippen molar-refractivity contribution in [3.63, 3.8) is 0 Å². The van der Waals surface area contributed by atoms with Gasteiger partial charge in [-0.05, 0) is 32.5 Å². The molecule has 0 saturated carbocycles. The maximum absolute atomic E-state index is 12.6. The molecule has 0 aliphatic carbocycles. The van der Waals surface area contributed by atoms with Crippen LogP contribution in [0, 0.1) is 0 Å². The Bertz CT molecular complexity index is 710. The average molecular weight is 389 g/mol. The van der Waals surface area contributed by atoms with Crippen LogP contribution in [0.1, 0.15) is 13.3 Å². The molecule has 0 unspecified atom stereocenters. The summed E-state index contributed by atoms with van der Waals surface area (Å²) in [5, 5.41) is 0.552. The van der Waals surface area contributed by atoms with E-state index < -0.39 is 9.84 Å². The van der Waals surface area contributed by atoms with Crippen LogP contribution in [0.5, 0.6) is 5.75 Å². The molecule has 0 bridgehead atoms. The maximum atomic E-state index is 12.6. The van der Waals surface area contributed by atoms with Gasteiger partial charge in [0.05, 0.1) is 22.6 Å². The number of rotatable bonds is 7.